The Morgan fingerprint density at radius 2 is 2.19 bits per heavy atom. The largest absolute Gasteiger partial charge is 0.364 e. The molecule has 0 aliphatic carbocycles. The molecule has 1 nitrogen and oxygen atoms in total. The smallest absolute Gasteiger partial charge is 0.0293 e. The highest BCUT2D eigenvalue weighted by molar-refractivity contribution is 5.56. The summed E-state index contributed by atoms with van der Waals surface area (Å²) >= 11 is 0. The van der Waals surface area contributed by atoms with Crippen LogP contribution in [0.2, 0.25) is 0 Å². The number of aromatic amines is 1. The van der Waals surface area contributed by atoms with Crippen molar-refractivity contribution in [2.45, 2.75) is 46.0 Å². The minimum atomic E-state index is 0.489. The molecule has 1 heterocycles. The van der Waals surface area contributed by atoms with E-state index < -0.39 is 0 Å². The highest BCUT2D eigenvalue weighted by Gasteiger charge is 2.13. The molecule has 0 aliphatic rings. The predicted octanol–water partition coefficient (Wildman–Crippen LogP) is 4.68. The second kappa shape index (κ2) is 6.37. The lowest BCUT2D eigenvalue weighted by Crippen LogP contribution is -1.96. The van der Waals surface area contributed by atoms with Crippen molar-refractivity contribution in [3.63, 3.8) is 0 Å². The normalized spacial score (nSPS) is 13.2. The molecule has 88 valence electrons. The highest BCUT2D eigenvalue weighted by Crippen LogP contribution is 2.27. The average molecular weight is 217 g/mol. The molecule has 0 radical (unpaired) electrons. The third kappa shape index (κ3) is 2.66. The number of aromatic nitrogens is 1. The number of allylic oxidation sites excluding steroid dienone is 2. The van der Waals surface area contributed by atoms with Gasteiger partial charge in [0.05, 0.1) is 0 Å². The Morgan fingerprint density at radius 1 is 1.44 bits per heavy atom. The molecule has 16 heavy (non-hydrogen) atoms. The molecule has 0 fully saturated rings. The minimum Gasteiger partial charge on any atom is -0.364 e. The molecule has 0 spiro atoms. The molecule has 0 aliphatic heterocycles. The zero-order valence-electron chi connectivity index (χ0n) is 10.7. The van der Waals surface area contributed by atoms with Crippen molar-refractivity contribution >= 4 is 6.08 Å². The van der Waals surface area contributed by atoms with E-state index in [4.69, 9.17) is 0 Å². The quantitative estimate of drug-likeness (QED) is 0.666. The summed E-state index contributed by atoms with van der Waals surface area (Å²) in [4.78, 5) is 3.42. The molecule has 1 atom stereocenters. The van der Waals surface area contributed by atoms with Gasteiger partial charge in [-0.25, -0.2) is 0 Å². The summed E-state index contributed by atoms with van der Waals surface area (Å²) in [7, 11) is 0. The number of aryl methyl sites for hydroxylation is 1. The van der Waals surface area contributed by atoms with Crippen molar-refractivity contribution in [2.75, 3.05) is 0 Å². The van der Waals surface area contributed by atoms with Crippen LogP contribution in [0.3, 0.4) is 0 Å². The maximum absolute atomic E-state index is 3.94. The van der Waals surface area contributed by atoms with Crippen LogP contribution in [-0.2, 0) is 6.42 Å². The molecule has 1 heteroatoms. The molecule has 0 aromatic carbocycles. The van der Waals surface area contributed by atoms with Gasteiger partial charge >= 0.3 is 0 Å². The fourth-order valence-corrected chi connectivity index (χ4v) is 2.19. The Bertz CT molecular complexity index is 358. The lowest BCUT2D eigenvalue weighted by molar-refractivity contribution is 0.778. The molecule has 1 aromatic rings. The van der Waals surface area contributed by atoms with Gasteiger partial charge in [0.1, 0.15) is 0 Å². The van der Waals surface area contributed by atoms with E-state index in [9.17, 15) is 0 Å². The van der Waals surface area contributed by atoms with Gasteiger partial charge < -0.3 is 4.98 Å². The fourth-order valence-electron chi connectivity index (χ4n) is 2.19. The summed E-state index contributed by atoms with van der Waals surface area (Å²) < 4.78 is 0. The number of hydrogen-bond acceptors (Lipinski definition) is 0. The van der Waals surface area contributed by atoms with Crippen LogP contribution in [0.25, 0.3) is 6.08 Å². The molecule has 1 N–H and O–H groups in total. The van der Waals surface area contributed by atoms with Gasteiger partial charge in [-0.2, -0.15) is 0 Å². The van der Waals surface area contributed by atoms with Crippen LogP contribution in [0.15, 0.2) is 24.9 Å². The third-order valence-corrected chi connectivity index (χ3v) is 3.00. The number of H-pyrrole nitrogens is 1. The first-order chi connectivity index (χ1) is 7.78. The molecule has 0 saturated heterocycles. The van der Waals surface area contributed by atoms with Crippen LogP contribution in [0.5, 0.6) is 0 Å². The molecular weight excluding hydrogens is 194 g/mol. The first kappa shape index (κ1) is 12.8. The van der Waals surface area contributed by atoms with Crippen molar-refractivity contribution in [3.8, 4) is 0 Å². The van der Waals surface area contributed by atoms with Crippen molar-refractivity contribution in [1.82, 2.24) is 4.98 Å². The number of hydrogen-bond donors (Lipinski definition) is 1. The summed E-state index contributed by atoms with van der Waals surface area (Å²) in [5, 5.41) is 0. The van der Waals surface area contributed by atoms with Crippen LogP contribution < -0.4 is 0 Å². The maximum atomic E-state index is 3.94. The van der Waals surface area contributed by atoms with Crippen LogP contribution in [0.1, 0.15) is 56.4 Å². The topological polar surface area (TPSA) is 15.8 Å². The fraction of sp³-hybridized carbons (Fsp3) is 0.467. The SMILES string of the molecule is C=Cc1c(CCC)c[nH]c1C(/C=C\C)CC. The summed E-state index contributed by atoms with van der Waals surface area (Å²) in [5.41, 5.74) is 4.03. The standard InChI is InChI=1S/C15H23N/c1-5-9-12(7-3)15-14(8-4)13(10-6-2)11-16-15/h5,8-9,11-12,16H,4,6-7,10H2,1-3H3/b9-5-. The van der Waals surface area contributed by atoms with Gasteiger partial charge in [0, 0.05) is 17.8 Å². The Kier molecular flexibility index (Phi) is 5.10. The molecular formula is C15H23N. The molecule has 1 rings (SSSR count). The number of nitrogens with one attached hydrogen (secondary N) is 1. The van der Waals surface area contributed by atoms with Crippen molar-refractivity contribution < 1.29 is 0 Å². The summed E-state index contributed by atoms with van der Waals surface area (Å²) in [6.45, 7) is 10.4. The highest BCUT2D eigenvalue weighted by atomic mass is 14.7. The Balaban J connectivity index is 3.07. The van der Waals surface area contributed by atoms with Gasteiger partial charge in [-0.15, -0.1) is 0 Å². The number of rotatable bonds is 6. The maximum Gasteiger partial charge on any atom is 0.0293 e. The van der Waals surface area contributed by atoms with Gasteiger partial charge in [0.2, 0.25) is 0 Å². The second-order valence-electron chi connectivity index (χ2n) is 4.14. The first-order valence-corrected chi connectivity index (χ1v) is 6.23. The molecule has 0 bridgehead atoms. The van der Waals surface area contributed by atoms with Crippen molar-refractivity contribution in [1.29, 1.82) is 0 Å². The van der Waals surface area contributed by atoms with Gasteiger partial charge in [-0.05, 0) is 30.9 Å². The van der Waals surface area contributed by atoms with Crippen LogP contribution in [-0.4, -0.2) is 4.98 Å². The van der Waals surface area contributed by atoms with Gasteiger partial charge in [-0.3, -0.25) is 0 Å². The van der Waals surface area contributed by atoms with Crippen molar-refractivity contribution in [2.24, 2.45) is 0 Å². The van der Waals surface area contributed by atoms with E-state index in [0.717, 1.165) is 12.8 Å². The van der Waals surface area contributed by atoms with E-state index in [2.05, 4.69) is 50.7 Å². The first-order valence-electron chi connectivity index (χ1n) is 6.23. The lowest BCUT2D eigenvalue weighted by atomic mass is 9.96. The Labute approximate surface area is 99.3 Å². The second-order valence-corrected chi connectivity index (χ2v) is 4.14. The third-order valence-electron chi connectivity index (χ3n) is 3.00. The summed E-state index contributed by atoms with van der Waals surface area (Å²) in [6, 6.07) is 0. The minimum absolute atomic E-state index is 0.489. The summed E-state index contributed by atoms with van der Waals surface area (Å²) in [6.07, 6.45) is 11.9. The van der Waals surface area contributed by atoms with Crippen molar-refractivity contribution in [3.05, 3.63) is 41.7 Å². The van der Waals surface area contributed by atoms with Crippen LogP contribution in [0.4, 0.5) is 0 Å². The zero-order valence-corrected chi connectivity index (χ0v) is 10.7. The zero-order chi connectivity index (χ0) is 12.0. The molecule has 1 aromatic heterocycles. The average Bonchev–Trinajstić information content (AvgIpc) is 2.69. The Morgan fingerprint density at radius 3 is 2.69 bits per heavy atom. The monoisotopic (exact) mass is 217 g/mol. The van der Waals surface area contributed by atoms with Crippen LogP contribution >= 0.6 is 0 Å². The predicted molar refractivity (Wildman–Crippen MR) is 72.7 cm³/mol. The van der Waals surface area contributed by atoms with E-state index in [1.165, 1.54) is 23.2 Å². The van der Waals surface area contributed by atoms with Gasteiger partial charge in [0.15, 0.2) is 0 Å². The molecule has 1 unspecified atom stereocenters. The van der Waals surface area contributed by atoms with E-state index >= 15 is 0 Å². The summed E-state index contributed by atoms with van der Waals surface area (Å²) in [5.74, 6) is 0.489. The molecule has 0 saturated carbocycles. The van der Waals surface area contributed by atoms with E-state index in [-0.39, 0.29) is 0 Å². The van der Waals surface area contributed by atoms with E-state index in [0.29, 0.717) is 5.92 Å². The Hall–Kier alpha value is -1.24. The van der Waals surface area contributed by atoms with E-state index in [1.807, 2.05) is 6.08 Å². The van der Waals surface area contributed by atoms with Gasteiger partial charge in [-0.1, -0.05) is 45.1 Å². The van der Waals surface area contributed by atoms with Gasteiger partial charge in [0.25, 0.3) is 0 Å². The van der Waals surface area contributed by atoms with E-state index in [1.54, 1.807) is 0 Å². The lowest BCUT2D eigenvalue weighted by Gasteiger charge is -2.10. The van der Waals surface area contributed by atoms with Crippen LogP contribution in [0, 0.1) is 0 Å². The molecule has 0 amide bonds.